The minimum Gasteiger partial charge on any atom is -0.672 e. The summed E-state index contributed by atoms with van der Waals surface area (Å²) in [4.78, 5) is 51.1. The first kappa shape index (κ1) is 43.3. The van der Waals surface area contributed by atoms with Gasteiger partial charge in [0.15, 0.2) is 0 Å². The van der Waals surface area contributed by atoms with Crippen LogP contribution in [0, 0.1) is 0 Å². The van der Waals surface area contributed by atoms with Crippen LogP contribution in [0.3, 0.4) is 0 Å². The molecular formula is H4Fe2Mg2O9Si3. The van der Waals surface area contributed by atoms with E-state index in [2.05, 4.69) is 0 Å². The van der Waals surface area contributed by atoms with Crippen LogP contribution < -0.4 is 28.8 Å². The summed E-state index contributed by atoms with van der Waals surface area (Å²) in [5.74, 6) is 0. The number of hydrogen-bond acceptors (Lipinski definition) is 9. The van der Waals surface area contributed by atoms with E-state index in [1.165, 1.54) is 0 Å². The Bertz CT molecular complexity index is 124. The minimum absolute atomic E-state index is 0. The molecule has 0 saturated carbocycles. The second-order valence-electron chi connectivity index (χ2n) is 0.750. The van der Waals surface area contributed by atoms with Crippen LogP contribution in [-0.4, -0.2) is 73.6 Å². The van der Waals surface area contributed by atoms with Gasteiger partial charge in [-0.25, -0.2) is 0 Å². The van der Waals surface area contributed by atoms with E-state index in [4.69, 9.17) is 42.2 Å². The molecule has 2 radical (unpaired) electrons. The maximum atomic E-state index is 8.52. The van der Waals surface area contributed by atoms with Crippen LogP contribution in [0.5, 0.6) is 0 Å². The van der Waals surface area contributed by atoms with Crippen molar-refractivity contribution >= 4 is 73.6 Å². The summed E-state index contributed by atoms with van der Waals surface area (Å²) in [6, 6.07) is 0. The van der Waals surface area contributed by atoms with Crippen LogP contribution in [-0.2, 0) is 47.5 Å². The molecule has 0 spiro atoms. The monoisotopic (exact) mass is 392 g/mol. The third-order valence-corrected chi connectivity index (χ3v) is 0. The zero-order valence-corrected chi connectivity index (χ0v) is 11.1. The maximum absolute atomic E-state index is 8.52. The molecule has 0 aliphatic carbocycles. The Morgan fingerprint density at radius 2 is 0.500 bits per heavy atom. The molecule has 0 heterocycles. The molecule has 16 heteroatoms. The molecule has 0 aromatic heterocycles. The van der Waals surface area contributed by atoms with E-state index >= 15 is 0 Å². The fourth-order valence-corrected chi connectivity index (χ4v) is 0. The van der Waals surface area contributed by atoms with Gasteiger partial charge in [0, 0.05) is 27.5 Å². The van der Waals surface area contributed by atoms with Gasteiger partial charge in [-0.3, -0.25) is 0 Å². The third-order valence-electron chi connectivity index (χ3n) is 0. The first-order valence-electron chi connectivity index (χ1n) is 1.84. The van der Waals surface area contributed by atoms with E-state index in [0.717, 1.165) is 0 Å². The van der Waals surface area contributed by atoms with Crippen molar-refractivity contribution in [3.63, 3.8) is 0 Å². The average Bonchev–Trinajstić information content (AvgIpc) is 1.54. The molecule has 0 N–H and O–H groups in total. The zero-order valence-electron chi connectivity index (χ0n) is 5.88. The van der Waals surface area contributed by atoms with Crippen molar-refractivity contribution in [3.05, 3.63) is 0 Å². The molecule has 9 nitrogen and oxygen atoms in total. The van der Waals surface area contributed by atoms with Crippen molar-refractivity contribution in [2.45, 2.75) is 0 Å². The van der Waals surface area contributed by atoms with Crippen LogP contribution in [0.25, 0.3) is 0 Å². The molecule has 0 fully saturated rings. The van der Waals surface area contributed by atoms with Crippen molar-refractivity contribution in [1.82, 2.24) is 0 Å². The van der Waals surface area contributed by atoms with Gasteiger partial charge in [-0.05, 0) is 0 Å². The average molecular weight is 393 g/mol. The Kier molecular flexibility index (Phi) is 97.2. The summed E-state index contributed by atoms with van der Waals surface area (Å²) in [6.07, 6.45) is 0. The number of rotatable bonds is 0. The van der Waals surface area contributed by atoms with Gasteiger partial charge in [-0.2, -0.15) is 0 Å². The summed E-state index contributed by atoms with van der Waals surface area (Å²) in [5.41, 5.74) is 0. The summed E-state index contributed by atoms with van der Waals surface area (Å²) in [5, 5.41) is 0. The van der Waals surface area contributed by atoms with E-state index in [0.29, 0.717) is 0 Å². The molecule has 90 valence electrons. The van der Waals surface area contributed by atoms with Gasteiger partial charge in [-0.1, -0.05) is 0 Å². The topological polar surface area (TPSA) is 190 Å². The predicted molar refractivity (Wildman–Crippen MR) is 36.4 cm³/mol. The fourth-order valence-electron chi connectivity index (χ4n) is 0. The molecule has 0 saturated heterocycles. The van der Waals surface area contributed by atoms with Crippen molar-refractivity contribution in [2.75, 3.05) is 0 Å². The van der Waals surface area contributed by atoms with Crippen molar-refractivity contribution in [3.8, 4) is 0 Å². The van der Waals surface area contributed by atoms with Gasteiger partial charge in [0.25, 0.3) is 0 Å². The number of hydrogen-bond donors (Lipinski definition) is 0. The Morgan fingerprint density at radius 1 is 0.500 bits per heavy atom. The molecular weight excluding hydrogens is 389 g/mol. The van der Waals surface area contributed by atoms with Crippen molar-refractivity contribution in [2.24, 2.45) is 0 Å². The predicted octanol–water partition coefficient (Wildman–Crippen LogP) is -10.5. The Balaban J connectivity index is -0.0000000135. The molecule has 0 bridgehead atoms. The smallest absolute Gasteiger partial charge is 0.672 e. The van der Waals surface area contributed by atoms with Gasteiger partial charge in [0.1, 0.15) is 0 Å². The molecule has 0 unspecified atom stereocenters. The van der Waals surface area contributed by atoms with Gasteiger partial charge < -0.3 is 42.2 Å². The normalized spacial score (nSPS) is 4.50. The van der Waals surface area contributed by atoms with Gasteiger partial charge in [0.2, 0.25) is 0 Å². The van der Waals surface area contributed by atoms with Crippen LogP contribution in [0.15, 0.2) is 0 Å². The molecule has 16 heavy (non-hydrogen) atoms. The van der Waals surface area contributed by atoms with Gasteiger partial charge in [-0.15, -0.1) is 0 Å². The van der Waals surface area contributed by atoms with Gasteiger partial charge >= 0.3 is 80.2 Å². The van der Waals surface area contributed by atoms with Crippen LogP contribution in [0.2, 0.25) is 0 Å². The van der Waals surface area contributed by atoms with E-state index < -0.39 is 27.5 Å². The molecule has 0 aliphatic heterocycles. The zero-order chi connectivity index (χ0) is 10.7. The maximum Gasteiger partial charge on any atom is 3.00 e. The molecule has 0 aromatic carbocycles. The first-order valence-corrected chi connectivity index (χ1v) is 5.51. The molecule has 0 amide bonds. The quantitative estimate of drug-likeness (QED) is 0.360. The second-order valence-corrected chi connectivity index (χ2v) is 2.25. The van der Waals surface area contributed by atoms with E-state index in [9.17, 15) is 0 Å². The fraction of sp³-hybridized carbons (Fsp3) is 0. The Labute approximate surface area is 148 Å². The summed E-state index contributed by atoms with van der Waals surface area (Å²) >= 11 is 0. The summed E-state index contributed by atoms with van der Waals surface area (Å²) < 4.78 is 25.6. The van der Waals surface area contributed by atoms with Crippen LogP contribution >= 0.6 is 0 Å². The Morgan fingerprint density at radius 3 is 0.500 bits per heavy atom. The molecule has 0 rings (SSSR count). The van der Waals surface area contributed by atoms with Gasteiger partial charge in [0.05, 0.1) is 0 Å². The second kappa shape index (κ2) is 36.0. The first-order chi connectivity index (χ1) is 5.20. The van der Waals surface area contributed by atoms with Crippen molar-refractivity contribution < 1.29 is 76.3 Å². The minimum atomic E-state index is -3.63. The molecule has 0 aliphatic rings. The largest absolute Gasteiger partial charge is 3.00 e. The summed E-state index contributed by atoms with van der Waals surface area (Å²) in [7, 11) is -10.9. The SMILES string of the molecule is O=[Si]([O-])[O-].O=[Si]([O-])[O-].O=[Si]([O-])[O-].[Fe+3].[Fe+3].[MgH2].[MgH2]. The van der Waals surface area contributed by atoms with E-state index in [1.54, 1.807) is 0 Å². The van der Waals surface area contributed by atoms with Crippen LogP contribution in [0.1, 0.15) is 0 Å². The standard InChI is InChI=1S/2Fe.2Mg.3O3Si.4H/c;;;;3*1-4(2)3;;;;/q2*+3;;;3*-2;;;;. The molecule has 0 aromatic rings. The summed E-state index contributed by atoms with van der Waals surface area (Å²) in [6.45, 7) is 0. The van der Waals surface area contributed by atoms with E-state index in [1.807, 2.05) is 0 Å². The van der Waals surface area contributed by atoms with Crippen LogP contribution in [0.4, 0.5) is 0 Å². The third kappa shape index (κ3) is 1590. The van der Waals surface area contributed by atoms with Crippen molar-refractivity contribution in [1.29, 1.82) is 0 Å². The van der Waals surface area contributed by atoms with E-state index in [-0.39, 0.29) is 80.2 Å². The Hall–Kier alpha value is 1.42. The molecule has 0 atom stereocenters.